The van der Waals surface area contributed by atoms with Gasteiger partial charge >= 0.3 is 0 Å². The van der Waals surface area contributed by atoms with Crippen LogP contribution in [0, 0.1) is 11.3 Å². The van der Waals surface area contributed by atoms with Crippen LogP contribution >= 0.6 is 0 Å². The molecule has 1 fully saturated rings. The number of amidine groups is 1. The lowest BCUT2D eigenvalue weighted by Crippen LogP contribution is -2.47. The minimum atomic E-state index is -0.833. The van der Waals surface area contributed by atoms with Gasteiger partial charge in [0.1, 0.15) is 0 Å². The first-order chi connectivity index (χ1) is 7.75. The summed E-state index contributed by atoms with van der Waals surface area (Å²) in [5, 5.41) is 14.7. The van der Waals surface area contributed by atoms with Gasteiger partial charge in [0.25, 0.3) is 5.97 Å². The normalized spacial score (nSPS) is 23.4. The first-order valence-electron chi connectivity index (χ1n) is 5.56. The minimum absolute atomic E-state index is 0.0695. The number of likely N-dealkylation sites (tertiary alicyclic amines) is 1. The standard InChI is InChI=1S/C9H17N3O.C2H4O2/c1-6-3-4-8(9(10)11)5-12(6)7(2)13;1-2(3)4/h6,8H,3-5H2,1-2H3,(H3,10,11);1H3,(H,3,4). The summed E-state index contributed by atoms with van der Waals surface area (Å²) >= 11 is 0. The molecule has 2 unspecified atom stereocenters. The quantitative estimate of drug-likeness (QED) is 0.464. The molecule has 0 spiro atoms. The molecule has 0 radical (unpaired) electrons. The lowest BCUT2D eigenvalue weighted by molar-refractivity contribution is -0.134. The maximum atomic E-state index is 11.2. The van der Waals surface area contributed by atoms with Crippen molar-refractivity contribution in [3.05, 3.63) is 0 Å². The predicted octanol–water partition coefficient (Wildman–Crippen LogP) is 0.660. The van der Waals surface area contributed by atoms with Crippen molar-refractivity contribution in [3.63, 3.8) is 0 Å². The number of carboxylic acid groups (broad SMARTS) is 1. The molecule has 17 heavy (non-hydrogen) atoms. The van der Waals surface area contributed by atoms with Crippen LogP contribution in [0.25, 0.3) is 0 Å². The van der Waals surface area contributed by atoms with Crippen LogP contribution in [-0.2, 0) is 9.59 Å². The first-order valence-corrected chi connectivity index (χ1v) is 5.56. The third kappa shape index (κ3) is 5.89. The average Bonchev–Trinajstić information content (AvgIpc) is 2.16. The minimum Gasteiger partial charge on any atom is -0.481 e. The molecule has 0 bridgehead atoms. The van der Waals surface area contributed by atoms with Gasteiger partial charge in [0.15, 0.2) is 0 Å². The number of carbonyl (C=O) groups is 2. The summed E-state index contributed by atoms with van der Waals surface area (Å²) in [5.74, 6) is -0.475. The number of nitrogens with one attached hydrogen (secondary N) is 1. The van der Waals surface area contributed by atoms with Crippen molar-refractivity contribution >= 4 is 17.7 Å². The molecule has 1 amide bonds. The molecule has 6 heteroatoms. The summed E-state index contributed by atoms with van der Waals surface area (Å²) < 4.78 is 0. The Bertz CT molecular complexity index is 300. The molecule has 4 N–H and O–H groups in total. The zero-order chi connectivity index (χ0) is 13.6. The molecular weight excluding hydrogens is 222 g/mol. The van der Waals surface area contributed by atoms with E-state index in [-0.39, 0.29) is 17.7 Å². The summed E-state index contributed by atoms with van der Waals surface area (Å²) in [7, 11) is 0. The lowest BCUT2D eigenvalue weighted by atomic mass is 9.92. The Balaban J connectivity index is 0.000000557. The molecule has 6 nitrogen and oxygen atoms in total. The van der Waals surface area contributed by atoms with Crippen molar-refractivity contribution in [2.45, 2.75) is 39.7 Å². The van der Waals surface area contributed by atoms with Crippen LogP contribution in [0.5, 0.6) is 0 Å². The fourth-order valence-corrected chi connectivity index (χ4v) is 1.80. The van der Waals surface area contributed by atoms with E-state index in [2.05, 4.69) is 0 Å². The molecule has 0 saturated carbocycles. The van der Waals surface area contributed by atoms with Crippen LogP contribution in [0.2, 0.25) is 0 Å². The highest BCUT2D eigenvalue weighted by Gasteiger charge is 2.28. The summed E-state index contributed by atoms with van der Waals surface area (Å²) in [5.41, 5.74) is 5.42. The Labute approximate surface area is 101 Å². The van der Waals surface area contributed by atoms with E-state index >= 15 is 0 Å². The van der Waals surface area contributed by atoms with Crippen LogP contribution in [0.1, 0.15) is 33.6 Å². The number of amides is 1. The Morgan fingerprint density at radius 1 is 1.35 bits per heavy atom. The van der Waals surface area contributed by atoms with Crippen LogP contribution in [0.15, 0.2) is 0 Å². The van der Waals surface area contributed by atoms with Crippen LogP contribution in [-0.4, -0.2) is 40.3 Å². The lowest BCUT2D eigenvalue weighted by Gasteiger charge is -2.36. The number of piperidine rings is 1. The second-order valence-electron chi connectivity index (χ2n) is 4.27. The number of hydrogen-bond donors (Lipinski definition) is 3. The third-order valence-electron chi connectivity index (χ3n) is 2.73. The summed E-state index contributed by atoms with van der Waals surface area (Å²) in [6.07, 6.45) is 1.88. The number of carbonyl (C=O) groups excluding carboxylic acids is 1. The van der Waals surface area contributed by atoms with Crippen molar-refractivity contribution in [1.82, 2.24) is 4.90 Å². The molecule has 0 aromatic heterocycles. The van der Waals surface area contributed by atoms with E-state index < -0.39 is 5.97 Å². The summed E-state index contributed by atoms with van der Waals surface area (Å²) in [4.78, 5) is 22.0. The second-order valence-corrected chi connectivity index (χ2v) is 4.27. The van der Waals surface area contributed by atoms with E-state index in [1.54, 1.807) is 11.8 Å². The van der Waals surface area contributed by atoms with Gasteiger partial charge in [-0.25, -0.2) is 0 Å². The van der Waals surface area contributed by atoms with Gasteiger partial charge < -0.3 is 15.7 Å². The molecule has 0 aromatic rings. The van der Waals surface area contributed by atoms with Crippen LogP contribution in [0.4, 0.5) is 0 Å². The number of nitrogens with zero attached hydrogens (tertiary/aromatic N) is 1. The molecule has 2 atom stereocenters. The molecule has 1 aliphatic rings. The fraction of sp³-hybridized carbons (Fsp3) is 0.727. The highest BCUT2D eigenvalue weighted by Crippen LogP contribution is 2.21. The van der Waals surface area contributed by atoms with Crippen LogP contribution < -0.4 is 5.73 Å². The zero-order valence-electron chi connectivity index (χ0n) is 10.6. The SMILES string of the molecule is CC(=O)N1CC(C(=N)N)CCC1C.CC(=O)O. The maximum Gasteiger partial charge on any atom is 0.300 e. The van der Waals surface area contributed by atoms with E-state index in [0.29, 0.717) is 12.6 Å². The Kier molecular flexibility index (Phi) is 6.23. The Hall–Kier alpha value is -1.59. The highest BCUT2D eigenvalue weighted by atomic mass is 16.4. The van der Waals surface area contributed by atoms with E-state index in [1.807, 2.05) is 6.92 Å². The van der Waals surface area contributed by atoms with Crippen LogP contribution in [0.3, 0.4) is 0 Å². The van der Waals surface area contributed by atoms with Gasteiger partial charge in [0, 0.05) is 32.4 Å². The van der Waals surface area contributed by atoms with Crippen molar-refractivity contribution in [2.75, 3.05) is 6.54 Å². The van der Waals surface area contributed by atoms with Crippen molar-refractivity contribution in [1.29, 1.82) is 5.41 Å². The van der Waals surface area contributed by atoms with Gasteiger partial charge in [-0.2, -0.15) is 0 Å². The molecular formula is C11H21N3O3. The van der Waals surface area contributed by atoms with Gasteiger partial charge in [-0.3, -0.25) is 15.0 Å². The zero-order valence-corrected chi connectivity index (χ0v) is 10.6. The Morgan fingerprint density at radius 2 is 1.82 bits per heavy atom. The van der Waals surface area contributed by atoms with Gasteiger partial charge in [0.05, 0.1) is 5.84 Å². The number of hydrogen-bond acceptors (Lipinski definition) is 3. The summed E-state index contributed by atoms with van der Waals surface area (Å²) in [6, 6.07) is 0.299. The topological polar surface area (TPSA) is 107 Å². The number of aliphatic carboxylic acids is 1. The van der Waals surface area contributed by atoms with E-state index in [0.717, 1.165) is 19.8 Å². The monoisotopic (exact) mass is 243 g/mol. The van der Waals surface area contributed by atoms with Crippen molar-refractivity contribution in [2.24, 2.45) is 11.7 Å². The first kappa shape index (κ1) is 15.4. The van der Waals surface area contributed by atoms with Crippen molar-refractivity contribution < 1.29 is 14.7 Å². The molecule has 1 rings (SSSR count). The smallest absolute Gasteiger partial charge is 0.300 e. The number of nitrogens with two attached hydrogens (primary N) is 1. The summed E-state index contributed by atoms with van der Waals surface area (Å²) in [6.45, 7) is 5.31. The van der Waals surface area contributed by atoms with Gasteiger partial charge in [0.2, 0.25) is 5.91 Å². The van der Waals surface area contributed by atoms with E-state index in [4.69, 9.17) is 21.0 Å². The largest absolute Gasteiger partial charge is 0.481 e. The number of rotatable bonds is 1. The molecule has 0 aliphatic carbocycles. The van der Waals surface area contributed by atoms with E-state index in [1.165, 1.54) is 0 Å². The molecule has 1 aliphatic heterocycles. The fourth-order valence-electron chi connectivity index (χ4n) is 1.80. The highest BCUT2D eigenvalue weighted by molar-refractivity contribution is 5.81. The van der Waals surface area contributed by atoms with Gasteiger partial charge in [-0.1, -0.05) is 0 Å². The van der Waals surface area contributed by atoms with Crippen molar-refractivity contribution in [3.8, 4) is 0 Å². The third-order valence-corrected chi connectivity index (χ3v) is 2.73. The number of carboxylic acids is 1. The predicted molar refractivity (Wildman–Crippen MR) is 64.8 cm³/mol. The van der Waals surface area contributed by atoms with Gasteiger partial charge in [-0.05, 0) is 19.8 Å². The van der Waals surface area contributed by atoms with E-state index in [9.17, 15) is 4.79 Å². The molecule has 1 saturated heterocycles. The van der Waals surface area contributed by atoms with Gasteiger partial charge in [-0.15, -0.1) is 0 Å². The molecule has 98 valence electrons. The second kappa shape index (κ2) is 6.88. The average molecular weight is 243 g/mol. The Morgan fingerprint density at radius 3 is 2.18 bits per heavy atom. The maximum absolute atomic E-state index is 11.2. The molecule has 1 heterocycles. The molecule has 0 aromatic carbocycles.